The molecule has 20 heavy (non-hydrogen) atoms. The zero-order valence-corrected chi connectivity index (χ0v) is 14.5. The quantitative estimate of drug-likeness (QED) is 0.650. The first-order chi connectivity index (χ1) is 9.47. The van der Waals surface area contributed by atoms with Crippen LogP contribution < -0.4 is 4.74 Å². The lowest BCUT2D eigenvalue weighted by molar-refractivity contribution is 0.0951. The van der Waals surface area contributed by atoms with Gasteiger partial charge >= 0.3 is 0 Å². The van der Waals surface area contributed by atoms with E-state index in [2.05, 4.69) is 31.9 Å². The van der Waals surface area contributed by atoms with Crippen LogP contribution in [-0.4, -0.2) is 16.1 Å². The Bertz CT molecular complexity index is 625. The molecule has 2 nitrogen and oxygen atoms in total. The van der Waals surface area contributed by atoms with Crippen LogP contribution in [0, 0.1) is 10.8 Å². The van der Waals surface area contributed by atoms with E-state index in [1.165, 1.54) is 12.8 Å². The highest BCUT2D eigenvalue weighted by Crippen LogP contribution is 2.89. The Labute approximate surface area is 135 Å². The van der Waals surface area contributed by atoms with E-state index in [1.54, 1.807) is 7.11 Å². The van der Waals surface area contributed by atoms with E-state index in [1.807, 2.05) is 18.2 Å². The number of ether oxygens (including phenoxy) is 1. The van der Waals surface area contributed by atoms with Crippen molar-refractivity contribution >= 4 is 37.6 Å². The van der Waals surface area contributed by atoms with E-state index < -0.39 is 0 Å². The van der Waals surface area contributed by atoms with Gasteiger partial charge in [0.05, 0.1) is 10.3 Å². The molecule has 0 aromatic heterocycles. The average Bonchev–Trinajstić information content (AvgIpc) is 2.70. The minimum atomic E-state index is -0.0608. The molecule has 4 heteroatoms. The number of benzene rings is 1. The van der Waals surface area contributed by atoms with Crippen LogP contribution in [-0.2, 0) is 6.42 Å². The van der Waals surface area contributed by atoms with Crippen molar-refractivity contribution in [2.24, 2.45) is 10.8 Å². The Hall–Kier alpha value is -0.350. The third-order valence-electron chi connectivity index (χ3n) is 5.83. The predicted octanol–water partition coefficient (Wildman–Crippen LogP) is 4.48. The SMILES string of the molecule is COc1ccc2c(c1)CC13CCCC1(CC2=O)C3(Br)Br. The van der Waals surface area contributed by atoms with E-state index >= 15 is 0 Å². The Morgan fingerprint density at radius 1 is 1.15 bits per heavy atom. The minimum Gasteiger partial charge on any atom is -0.497 e. The van der Waals surface area contributed by atoms with Crippen molar-refractivity contribution in [1.82, 2.24) is 0 Å². The van der Waals surface area contributed by atoms with Gasteiger partial charge in [-0.15, -0.1) is 0 Å². The van der Waals surface area contributed by atoms with E-state index in [4.69, 9.17) is 4.74 Å². The number of fused-ring (bicyclic) bond motifs is 1. The third kappa shape index (κ3) is 1.29. The Kier molecular flexibility index (Phi) is 2.59. The molecule has 4 rings (SSSR count). The number of carbonyl (C=O) groups is 1. The molecule has 0 amide bonds. The van der Waals surface area contributed by atoms with Crippen molar-refractivity contribution in [3.8, 4) is 5.75 Å². The monoisotopic (exact) mass is 398 g/mol. The summed E-state index contributed by atoms with van der Waals surface area (Å²) in [6, 6.07) is 5.88. The van der Waals surface area contributed by atoms with Crippen molar-refractivity contribution in [1.29, 1.82) is 0 Å². The molecular weight excluding hydrogens is 384 g/mol. The first-order valence-electron chi connectivity index (χ1n) is 7.05. The number of Topliss-reactive ketones (excluding diaryl/α,β-unsaturated/α-hetero) is 1. The third-order valence-corrected chi connectivity index (χ3v) is 8.87. The highest BCUT2D eigenvalue weighted by atomic mass is 79.9. The Morgan fingerprint density at radius 3 is 2.55 bits per heavy atom. The van der Waals surface area contributed by atoms with Gasteiger partial charge in [0.2, 0.25) is 0 Å². The lowest BCUT2D eigenvalue weighted by Crippen LogP contribution is -2.16. The largest absolute Gasteiger partial charge is 0.497 e. The second-order valence-electron chi connectivity index (χ2n) is 6.39. The van der Waals surface area contributed by atoms with Crippen molar-refractivity contribution in [3.05, 3.63) is 29.3 Å². The highest BCUT2D eigenvalue weighted by Gasteiger charge is 2.86. The summed E-state index contributed by atoms with van der Waals surface area (Å²) < 4.78 is 5.27. The number of rotatable bonds is 1. The number of alkyl halides is 2. The number of ketones is 1. The minimum absolute atomic E-state index is 0.0608. The zero-order valence-electron chi connectivity index (χ0n) is 11.3. The molecule has 0 saturated heterocycles. The fourth-order valence-corrected chi connectivity index (χ4v) is 7.45. The molecule has 2 unspecified atom stereocenters. The van der Waals surface area contributed by atoms with E-state index in [9.17, 15) is 4.79 Å². The molecule has 0 spiro atoms. The van der Waals surface area contributed by atoms with Gasteiger partial charge in [0, 0.05) is 22.8 Å². The molecule has 3 aliphatic carbocycles. The van der Waals surface area contributed by atoms with Crippen LogP contribution in [0.15, 0.2) is 18.2 Å². The van der Waals surface area contributed by atoms with Crippen LogP contribution in [0.5, 0.6) is 5.75 Å². The number of methoxy groups -OCH3 is 1. The molecule has 0 N–H and O–H groups in total. The zero-order chi connectivity index (χ0) is 14.2. The molecule has 0 radical (unpaired) electrons. The molecule has 0 bridgehead atoms. The number of hydrogen-bond donors (Lipinski definition) is 0. The molecule has 2 atom stereocenters. The smallest absolute Gasteiger partial charge is 0.163 e. The van der Waals surface area contributed by atoms with Crippen LogP contribution in [0.3, 0.4) is 0 Å². The first kappa shape index (κ1) is 13.3. The second-order valence-corrected chi connectivity index (χ2v) is 9.84. The maximum atomic E-state index is 12.7. The van der Waals surface area contributed by atoms with Crippen molar-refractivity contribution < 1.29 is 9.53 Å². The maximum absolute atomic E-state index is 12.7. The van der Waals surface area contributed by atoms with Crippen LogP contribution in [0.25, 0.3) is 0 Å². The number of halogens is 2. The summed E-state index contributed by atoms with van der Waals surface area (Å²) in [5.41, 5.74) is 2.34. The standard InChI is InChI=1S/C16H16Br2O2/c1-20-11-3-4-12-10(7-11)8-14-5-2-6-15(14,9-13(12)19)16(14,17)18/h3-4,7H,2,5-6,8-9H2,1H3. The number of hydrogen-bond acceptors (Lipinski definition) is 2. The van der Waals surface area contributed by atoms with E-state index in [-0.39, 0.29) is 19.8 Å². The van der Waals surface area contributed by atoms with E-state index in [0.29, 0.717) is 6.42 Å². The van der Waals surface area contributed by atoms with Crippen molar-refractivity contribution in [3.63, 3.8) is 0 Å². The van der Waals surface area contributed by atoms with Gasteiger partial charge in [-0.25, -0.2) is 0 Å². The summed E-state index contributed by atoms with van der Waals surface area (Å²) in [5, 5.41) is 0. The topological polar surface area (TPSA) is 26.3 Å². The van der Waals surface area contributed by atoms with Gasteiger partial charge in [0.1, 0.15) is 5.75 Å². The number of carbonyl (C=O) groups excluding carboxylic acids is 1. The summed E-state index contributed by atoms with van der Waals surface area (Å²) in [4.78, 5) is 12.7. The molecular formula is C16H16Br2O2. The van der Waals surface area contributed by atoms with E-state index in [0.717, 1.165) is 29.7 Å². The summed E-state index contributed by atoms with van der Waals surface area (Å²) >= 11 is 7.77. The Morgan fingerprint density at radius 2 is 1.85 bits per heavy atom. The van der Waals surface area contributed by atoms with Gasteiger partial charge in [-0.1, -0.05) is 38.3 Å². The fourth-order valence-electron chi connectivity index (χ4n) is 4.77. The van der Waals surface area contributed by atoms with Gasteiger partial charge in [-0.3, -0.25) is 4.79 Å². The lowest BCUT2D eigenvalue weighted by Gasteiger charge is -2.19. The molecule has 2 saturated carbocycles. The normalized spacial score (nSPS) is 36.6. The second kappa shape index (κ2) is 3.89. The molecule has 106 valence electrons. The first-order valence-corrected chi connectivity index (χ1v) is 8.64. The average molecular weight is 400 g/mol. The highest BCUT2D eigenvalue weighted by molar-refractivity contribution is 9.25. The van der Waals surface area contributed by atoms with Gasteiger partial charge < -0.3 is 4.74 Å². The Balaban J connectivity index is 1.87. The van der Waals surface area contributed by atoms with Crippen molar-refractivity contribution in [2.45, 2.75) is 35.3 Å². The molecule has 3 aliphatic rings. The van der Waals surface area contributed by atoms with Gasteiger partial charge in [0.25, 0.3) is 0 Å². The van der Waals surface area contributed by atoms with Gasteiger partial charge in [-0.05, 0) is 43.0 Å². The summed E-state index contributed by atoms with van der Waals surface area (Å²) in [5.74, 6) is 1.13. The maximum Gasteiger partial charge on any atom is 0.163 e. The molecule has 0 heterocycles. The molecule has 1 aromatic carbocycles. The fraction of sp³-hybridized carbons (Fsp3) is 0.562. The van der Waals surface area contributed by atoms with Gasteiger partial charge in [0.15, 0.2) is 5.78 Å². The summed E-state index contributed by atoms with van der Waals surface area (Å²) in [7, 11) is 1.68. The van der Waals surface area contributed by atoms with Crippen LogP contribution >= 0.6 is 31.9 Å². The lowest BCUT2D eigenvalue weighted by atomic mass is 9.90. The van der Waals surface area contributed by atoms with Gasteiger partial charge in [-0.2, -0.15) is 0 Å². The van der Waals surface area contributed by atoms with Crippen LogP contribution in [0.2, 0.25) is 0 Å². The predicted molar refractivity (Wildman–Crippen MR) is 84.9 cm³/mol. The molecule has 0 aliphatic heterocycles. The summed E-state index contributed by atoms with van der Waals surface area (Å²) in [6.07, 6.45) is 5.17. The van der Waals surface area contributed by atoms with Crippen LogP contribution in [0.1, 0.15) is 41.6 Å². The van der Waals surface area contributed by atoms with Crippen LogP contribution in [0.4, 0.5) is 0 Å². The molecule has 1 aromatic rings. The summed E-state index contributed by atoms with van der Waals surface area (Å²) in [6.45, 7) is 0. The molecule has 2 fully saturated rings. The van der Waals surface area contributed by atoms with Crippen molar-refractivity contribution in [2.75, 3.05) is 7.11 Å².